The fraction of sp³-hybridized carbons (Fsp3) is 0.667. The molecule has 1 amide bonds. The Bertz CT molecular complexity index is 459. The molecule has 0 aliphatic rings. The minimum atomic E-state index is -0.275. The number of unbranched alkanes of at least 4 members (excludes halogenated alkanes) is 3. The highest BCUT2D eigenvalue weighted by Gasteiger charge is 2.41. The monoisotopic (exact) mass is 333 g/mol. The van der Waals surface area contributed by atoms with Crippen molar-refractivity contribution in [3.63, 3.8) is 0 Å². The molecule has 1 rings (SSSR count). The molecule has 136 valence electrons. The summed E-state index contributed by atoms with van der Waals surface area (Å²) in [6.45, 7) is 6.60. The Morgan fingerprint density at radius 3 is 1.71 bits per heavy atom. The summed E-state index contributed by atoms with van der Waals surface area (Å²) in [5.41, 5.74) is 6.79. The highest BCUT2D eigenvalue weighted by molar-refractivity contribution is 5.83. The number of nitrogens with two attached hydrogens (primary N) is 1. The quantitative estimate of drug-likeness (QED) is 0.529. The zero-order valence-electron chi connectivity index (χ0n) is 15.7. The maximum absolute atomic E-state index is 12.5. The van der Waals surface area contributed by atoms with Gasteiger partial charge in [-0.15, -0.1) is 0 Å². The van der Waals surface area contributed by atoms with E-state index in [-0.39, 0.29) is 23.0 Å². The molecular weight excluding hydrogens is 298 g/mol. The van der Waals surface area contributed by atoms with E-state index in [1.807, 2.05) is 12.1 Å². The molecule has 0 heterocycles. The average molecular weight is 334 g/mol. The first-order chi connectivity index (χ1) is 11.5. The number of hydrogen-bond donors (Lipinski definition) is 2. The average Bonchev–Trinajstić information content (AvgIpc) is 2.57. The SMILES string of the molecule is CCCCC(CCCC)(CCCC)C(C(N)=O)c1ccc(O)cc1. The van der Waals surface area contributed by atoms with E-state index in [1.165, 1.54) is 0 Å². The van der Waals surface area contributed by atoms with Gasteiger partial charge in [0.15, 0.2) is 0 Å². The maximum atomic E-state index is 12.5. The molecule has 0 saturated carbocycles. The Balaban J connectivity index is 3.29. The van der Waals surface area contributed by atoms with E-state index >= 15 is 0 Å². The Morgan fingerprint density at radius 2 is 1.38 bits per heavy atom. The Morgan fingerprint density at radius 1 is 0.958 bits per heavy atom. The molecule has 24 heavy (non-hydrogen) atoms. The number of benzene rings is 1. The predicted octanol–water partition coefficient (Wildman–Crippen LogP) is 5.52. The molecule has 0 aliphatic carbocycles. The lowest BCUT2D eigenvalue weighted by Crippen LogP contribution is -2.38. The fourth-order valence-electron chi connectivity index (χ4n) is 3.88. The molecule has 3 heteroatoms. The number of primary amides is 1. The van der Waals surface area contributed by atoms with Crippen molar-refractivity contribution in [2.24, 2.45) is 11.1 Å². The van der Waals surface area contributed by atoms with Crippen LogP contribution < -0.4 is 5.73 Å². The van der Waals surface area contributed by atoms with Crippen LogP contribution in [0, 0.1) is 5.41 Å². The van der Waals surface area contributed by atoms with Gasteiger partial charge in [0.2, 0.25) is 5.91 Å². The Kier molecular flexibility index (Phi) is 8.88. The van der Waals surface area contributed by atoms with Gasteiger partial charge in [0.25, 0.3) is 0 Å². The second-order valence-corrected chi connectivity index (χ2v) is 7.10. The van der Waals surface area contributed by atoms with Crippen molar-refractivity contribution >= 4 is 5.91 Å². The Labute approximate surface area is 147 Å². The van der Waals surface area contributed by atoms with Crippen molar-refractivity contribution in [1.82, 2.24) is 0 Å². The van der Waals surface area contributed by atoms with Crippen LogP contribution in [0.1, 0.15) is 90.0 Å². The lowest BCUT2D eigenvalue weighted by atomic mass is 9.63. The van der Waals surface area contributed by atoms with E-state index in [9.17, 15) is 9.90 Å². The normalized spacial score (nSPS) is 13.0. The van der Waals surface area contributed by atoms with Crippen LogP contribution in [0.2, 0.25) is 0 Å². The molecule has 1 aromatic rings. The van der Waals surface area contributed by atoms with Gasteiger partial charge in [0, 0.05) is 0 Å². The smallest absolute Gasteiger partial charge is 0.225 e. The van der Waals surface area contributed by atoms with E-state index in [1.54, 1.807) is 12.1 Å². The molecular formula is C21H35NO2. The van der Waals surface area contributed by atoms with Gasteiger partial charge in [-0.1, -0.05) is 71.4 Å². The van der Waals surface area contributed by atoms with Gasteiger partial charge in [0.1, 0.15) is 5.75 Å². The van der Waals surface area contributed by atoms with Crippen LogP contribution in [0.15, 0.2) is 24.3 Å². The van der Waals surface area contributed by atoms with Crippen molar-refractivity contribution in [2.45, 2.75) is 84.5 Å². The number of hydrogen-bond acceptors (Lipinski definition) is 2. The van der Waals surface area contributed by atoms with Gasteiger partial charge >= 0.3 is 0 Å². The summed E-state index contributed by atoms with van der Waals surface area (Å²) in [4.78, 5) is 12.5. The van der Waals surface area contributed by atoms with Crippen LogP contribution >= 0.6 is 0 Å². The maximum Gasteiger partial charge on any atom is 0.225 e. The number of rotatable bonds is 12. The lowest BCUT2D eigenvalue weighted by Gasteiger charge is -2.40. The third-order valence-electron chi connectivity index (χ3n) is 5.21. The van der Waals surface area contributed by atoms with Gasteiger partial charge in [-0.3, -0.25) is 4.79 Å². The Hall–Kier alpha value is -1.51. The number of aromatic hydroxyl groups is 1. The summed E-state index contributed by atoms with van der Waals surface area (Å²) in [7, 11) is 0. The number of phenols is 1. The first-order valence-corrected chi connectivity index (χ1v) is 9.59. The fourth-order valence-corrected chi connectivity index (χ4v) is 3.88. The van der Waals surface area contributed by atoms with E-state index in [0.717, 1.165) is 63.4 Å². The number of carbonyl (C=O) groups excluding carboxylic acids is 1. The second-order valence-electron chi connectivity index (χ2n) is 7.10. The third kappa shape index (κ3) is 5.54. The third-order valence-corrected chi connectivity index (χ3v) is 5.21. The highest BCUT2D eigenvalue weighted by Crippen LogP contribution is 2.48. The number of phenolic OH excluding ortho intramolecular Hbond substituents is 1. The summed E-state index contributed by atoms with van der Waals surface area (Å²) in [5.74, 6) is -0.282. The molecule has 3 N–H and O–H groups in total. The standard InChI is InChI=1S/C21H35NO2/c1-4-7-14-21(15-8-5-2,16-9-6-3)19(20(22)24)17-10-12-18(23)13-11-17/h10-13,19,23H,4-9,14-16H2,1-3H3,(H2,22,24). The summed E-state index contributed by atoms with van der Waals surface area (Å²) in [5, 5.41) is 9.59. The van der Waals surface area contributed by atoms with Crippen molar-refractivity contribution in [2.75, 3.05) is 0 Å². The van der Waals surface area contributed by atoms with Crippen molar-refractivity contribution in [3.8, 4) is 5.75 Å². The molecule has 0 bridgehead atoms. The van der Waals surface area contributed by atoms with Crippen LogP contribution in [0.25, 0.3) is 0 Å². The van der Waals surface area contributed by atoms with Crippen LogP contribution in [0.4, 0.5) is 0 Å². The van der Waals surface area contributed by atoms with E-state index in [4.69, 9.17) is 5.73 Å². The molecule has 1 atom stereocenters. The topological polar surface area (TPSA) is 63.3 Å². The predicted molar refractivity (Wildman–Crippen MR) is 101 cm³/mol. The summed E-state index contributed by atoms with van der Waals surface area (Å²) >= 11 is 0. The molecule has 0 radical (unpaired) electrons. The highest BCUT2D eigenvalue weighted by atomic mass is 16.3. The zero-order chi connectivity index (χ0) is 18.0. The minimum Gasteiger partial charge on any atom is -0.508 e. The van der Waals surface area contributed by atoms with E-state index in [2.05, 4.69) is 20.8 Å². The lowest BCUT2D eigenvalue weighted by molar-refractivity contribution is -0.123. The van der Waals surface area contributed by atoms with Crippen molar-refractivity contribution in [1.29, 1.82) is 0 Å². The van der Waals surface area contributed by atoms with Crippen molar-refractivity contribution in [3.05, 3.63) is 29.8 Å². The number of carbonyl (C=O) groups is 1. The first-order valence-electron chi connectivity index (χ1n) is 9.59. The van der Waals surface area contributed by atoms with Crippen LogP contribution in [0.3, 0.4) is 0 Å². The number of amides is 1. The molecule has 0 saturated heterocycles. The molecule has 3 nitrogen and oxygen atoms in total. The van der Waals surface area contributed by atoms with E-state index in [0.29, 0.717) is 0 Å². The molecule has 1 aromatic carbocycles. The van der Waals surface area contributed by atoms with Crippen LogP contribution in [-0.2, 0) is 4.79 Å². The van der Waals surface area contributed by atoms with Gasteiger partial charge < -0.3 is 10.8 Å². The second kappa shape index (κ2) is 10.4. The summed E-state index contributed by atoms with van der Waals surface area (Å²) in [6, 6.07) is 7.05. The van der Waals surface area contributed by atoms with Crippen LogP contribution in [-0.4, -0.2) is 11.0 Å². The summed E-state index contributed by atoms with van der Waals surface area (Å²) in [6.07, 6.45) is 9.86. The summed E-state index contributed by atoms with van der Waals surface area (Å²) < 4.78 is 0. The molecule has 0 aromatic heterocycles. The van der Waals surface area contributed by atoms with Crippen molar-refractivity contribution < 1.29 is 9.90 Å². The van der Waals surface area contributed by atoms with Gasteiger partial charge in [-0.05, 0) is 42.4 Å². The molecule has 1 unspecified atom stereocenters. The minimum absolute atomic E-state index is 0.0646. The molecule has 0 fully saturated rings. The molecule has 0 aliphatic heterocycles. The largest absolute Gasteiger partial charge is 0.508 e. The van der Waals surface area contributed by atoms with Gasteiger partial charge in [-0.2, -0.15) is 0 Å². The van der Waals surface area contributed by atoms with Gasteiger partial charge in [0.05, 0.1) is 5.92 Å². The first kappa shape index (κ1) is 20.5. The zero-order valence-corrected chi connectivity index (χ0v) is 15.7. The van der Waals surface area contributed by atoms with Gasteiger partial charge in [-0.25, -0.2) is 0 Å². The van der Waals surface area contributed by atoms with Crippen LogP contribution in [0.5, 0.6) is 5.75 Å². The molecule has 0 spiro atoms. The van der Waals surface area contributed by atoms with E-state index < -0.39 is 0 Å².